The van der Waals surface area contributed by atoms with Gasteiger partial charge in [0.05, 0.1) is 0 Å². The van der Waals surface area contributed by atoms with Crippen LogP contribution in [0.4, 0.5) is 0 Å². The van der Waals surface area contributed by atoms with Crippen LogP contribution in [-0.4, -0.2) is 0 Å². The van der Waals surface area contributed by atoms with E-state index in [-0.39, 0.29) is 10.8 Å². The van der Waals surface area contributed by atoms with Crippen molar-refractivity contribution in [3.63, 3.8) is 0 Å². The minimum Gasteiger partial charge on any atom is -0.455 e. The molecule has 5 rings (SSSR count). The van der Waals surface area contributed by atoms with Gasteiger partial charge in [0.25, 0.3) is 0 Å². The molecule has 1 heterocycles. The topological polar surface area (TPSA) is 13.1 Å². The van der Waals surface area contributed by atoms with Gasteiger partial charge in [0, 0.05) is 16.3 Å². The molecule has 0 unspecified atom stereocenters. The second kappa shape index (κ2) is 8.66. The number of furan rings is 1. The van der Waals surface area contributed by atoms with Gasteiger partial charge in [0.2, 0.25) is 0 Å². The lowest BCUT2D eigenvalue weighted by Crippen LogP contribution is -2.16. The van der Waals surface area contributed by atoms with Crippen LogP contribution in [0.15, 0.2) is 83.3 Å². The normalized spacial score (nSPS) is 12.7. The van der Waals surface area contributed by atoms with Crippen LogP contribution in [-0.2, 0) is 10.8 Å². The highest BCUT2D eigenvalue weighted by Crippen LogP contribution is 2.43. The van der Waals surface area contributed by atoms with E-state index in [0.717, 1.165) is 16.7 Å². The lowest BCUT2D eigenvalue weighted by Gasteiger charge is -2.27. The van der Waals surface area contributed by atoms with Crippen molar-refractivity contribution in [1.29, 1.82) is 0 Å². The molecule has 184 valence electrons. The van der Waals surface area contributed by atoms with Crippen molar-refractivity contribution in [3.8, 4) is 22.3 Å². The molecule has 1 nitrogen and oxygen atoms in total. The van der Waals surface area contributed by atoms with Gasteiger partial charge in [-0.05, 0) is 56.2 Å². The molecule has 1 aromatic heterocycles. The van der Waals surface area contributed by atoms with Gasteiger partial charge in [-0.25, -0.2) is 0 Å². The van der Waals surface area contributed by atoms with Crippen molar-refractivity contribution in [2.75, 3.05) is 0 Å². The first kappa shape index (κ1) is 24.4. The third-order valence-electron chi connectivity index (χ3n) is 7.35. The summed E-state index contributed by atoms with van der Waals surface area (Å²) in [5, 5.41) is 2.34. The maximum atomic E-state index is 6.45. The average Bonchev–Trinajstić information content (AvgIpc) is 3.21. The van der Waals surface area contributed by atoms with E-state index in [9.17, 15) is 0 Å². The summed E-state index contributed by atoms with van der Waals surface area (Å²) in [4.78, 5) is 0. The van der Waals surface area contributed by atoms with Gasteiger partial charge >= 0.3 is 0 Å². The average molecular weight is 475 g/mol. The van der Waals surface area contributed by atoms with Gasteiger partial charge in [-0.15, -0.1) is 0 Å². The summed E-state index contributed by atoms with van der Waals surface area (Å²) >= 11 is 0. The van der Waals surface area contributed by atoms with E-state index in [1.165, 1.54) is 44.2 Å². The van der Waals surface area contributed by atoms with Crippen molar-refractivity contribution >= 4 is 21.9 Å². The van der Waals surface area contributed by atoms with Gasteiger partial charge in [0.15, 0.2) is 0 Å². The first-order valence-electron chi connectivity index (χ1n) is 13.1. The number of benzene rings is 4. The summed E-state index contributed by atoms with van der Waals surface area (Å²) in [5.74, 6) is 0.354. The van der Waals surface area contributed by atoms with Crippen LogP contribution in [0.1, 0.15) is 78.0 Å². The fraction of sp³-hybridized carbons (Fsp3) is 0.314. The molecule has 0 aliphatic carbocycles. The SMILES string of the molecule is CC(C)c1c(-c2cc(C(C)(C)C)cc(C(C)(C)C)c2)cccc1-c1cccc2c1oc1ccccc12. The summed E-state index contributed by atoms with van der Waals surface area (Å²) < 4.78 is 6.45. The number of fused-ring (bicyclic) bond motifs is 3. The Morgan fingerprint density at radius 3 is 1.78 bits per heavy atom. The molecule has 0 N–H and O–H groups in total. The fourth-order valence-corrected chi connectivity index (χ4v) is 5.28. The Hall–Kier alpha value is -3.32. The Balaban J connectivity index is 1.80. The molecule has 0 saturated carbocycles. The first-order chi connectivity index (χ1) is 16.9. The van der Waals surface area contributed by atoms with Crippen molar-refractivity contribution in [1.82, 2.24) is 0 Å². The van der Waals surface area contributed by atoms with Crippen LogP contribution in [0.2, 0.25) is 0 Å². The molecule has 0 fully saturated rings. The predicted octanol–water partition coefficient (Wildman–Crippen LogP) is 10.6. The Morgan fingerprint density at radius 2 is 1.14 bits per heavy atom. The summed E-state index contributed by atoms with van der Waals surface area (Å²) in [6.45, 7) is 18.4. The van der Waals surface area contributed by atoms with E-state index in [0.29, 0.717) is 5.92 Å². The molecule has 5 aromatic rings. The lowest BCUT2D eigenvalue weighted by atomic mass is 9.77. The van der Waals surface area contributed by atoms with Crippen LogP contribution in [0.25, 0.3) is 44.2 Å². The molecule has 0 aliphatic heterocycles. The molecule has 36 heavy (non-hydrogen) atoms. The zero-order valence-electron chi connectivity index (χ0n) is 23.0. The van der Waals surface area contributed by atoms with Gasteiger partial charge < -0.3 is 4.42 Å². The molecule has 0 spiro atoms. The number of para-hydroxylation sites is 2. The third kappa shape index (κ3) is 4.26. The molecule has 0 atom stereocenters. The number of rotatable bonds is 3. The second-order valence-electron chi connectivity index (χ2n) is 12.5. The molecular weight excluding hydrogens is 436 g/mol. The van der Waals surface area contributed by atoms with E-state index < -0.39 is 0 Å². The van der Waals surface area contributed by atoms with Crippen molar-refractivity contribution in [3.05, 3.63) is 95.6 Å². The second-order valence-corrected chi connectivity index (χ2v) is 12.5. The summed E-state index contributed by atoms with van der Waals surface area (Å²) in [6.07, 6.45) is 0. The van der Waals surface area contributed by atoms with Crippen molar-refractivity contribution in [2.24, 2.45) is 0 Å². The molecule has 0 amide bonds. The molecule has 0 aliphatic rings. The van der Waals surface area contributed by atoms with Crippen LogP contribution in [0.5, 0.6) is 0 Å². The molecular formula is C35H38O. The van der Waals surface area contributed by atoms with E-state index >= 15 is 0 Å². The van der Waals surface area contributed by atoms with Crippen molar-refractivity contribution in [2.45, 2.75) is 72.1 Å². The quantitative estimate of drug-likeness (QED) is 0.253. The largest absolute Gasteiger partial charge is 0.455 e. The molecule has 0 saturated heterocycles. The Kier molecular flexibility index (Phi) is 5.86. The Labute approximate surface area is 216 Å². The van der Waals surface area contributed by atoms with E-state index in [1.54, 1.807) is 0 Å². The molecule has 0 radical (unpaired) electrons. The maximum Gasteiger partial charge on any atom is 0.143 e. The highest BCUT2D eigenvalue weighted by atomic mass is 16.3. The standard InChI is InChI=1S/C35H38O/c1-22(2)32-26(23-19-24(34(3,4)5)21-25(20-23)35(6,7)8)14-11-15-28(32)30-17-12-16-29-27-13-9-10-18-31(27)36-33(29)30/h9-22H,1-8H3. The highest BCUT2D eigenvalue weighted by Gasteiger charge is 2.23. The fourth-order valence-electron chi connectivity index (χ4n) is 5.28. The minimum atomic E-state index is 0.0749. The summed E-state index contributed by atoms with van der Waals surface area (Å²) in [6, 6.07) is 28.9. The first-order valence-corrected chi connectivity index (χ1v) is 13.1. The third-order valence-corrected chi connectivity index (χ3v) is 7.35. The molecule has 0 bridgehead atoms. The number of hydrogen-bond donors (Lipinski definition) is 0. The maximum absolute atomic E-state index is 6.45. The smallest absolute Gasteiger partial charge is 0.143 e. The van der Waals surface area contributed by atoms with Crippen LogP contribution in [0, 0.1) is 0 Å². The van der Waals surface area contributed by atoms with Gasteiger partial charge in [-0.2, -0.15) is 0 Å². The number of hydrogen-bond acceptors (Lipinski definition) is 1. The monoisotopic (exact) mass is 474 g/mol. The lowest BCUT2D eigenvalue weighted by molar-refractivity contribution is 0.569. The molecule has 4 aromatic carbocycles. The zero-order chi connectivity index (χ0) is 25.8. The van der Waals surface area contributed by atoms with E-state index in [4.69, 9.17) is 4.42 Å². The van der Waals surface area contributed by atoms with Gasteiger partial charge in [-0.3, -0.25) is 0 Å². The van der Waals surface area contributed by atoms with Gasteiger partial charge in [-0.1, -0.05) is 128 Å². The van der Waals surface area contributed by atoms with Crippen LogP contribution in [0.3, 0.4) is 0 Å². The van der Waals surface area contributed by atoms with Crippen LogP contribution < -0.4 is 0 Å². The van der Waals surface area contributed by atoms with E-state index in [2.05, 4.69) is 128 Å². The highest BCUT2D eigenvalue weighted by molar-refractivity contribution is 6.10. The Bertz CT molecular complexity index is 1530. The zero-order valence-corrected chi connectivity index (χ0v) is 23.0. The van der Waals surface area contributed by atoms with Crippen molar-refractivity contribution < 1.29 is 4.42 Å². The minimum absolute atomic E-state index is 0.0749. The Morgan fingerprint density at radius 1 is 0.583 bits per heavy atom. The summed E-state index contributed by atoms with van der Waals surface area (Å²) in [5.41, 5.74) is 11.2. The summed E-state index contributed by atoms with van der Waals surface area (Å²) in [7, 11) is 0. The predicted molar refractivity (Wildman–Crippen MR) is 156 cm³/mol. The molecule has 1 heteroatoms. The van der Waals surface area contributed by atoms with Gasteiger partial charge in [0.1, 0.15) is 11.2 Å². The van der Waals surface area contributed by atoms with Crippen LogP contribution >= 0.6 is 0 Å². The van der Waals surface area contributed by atoms with E-state index in [1.807, 2.05) is 6.07 Å².